The van der Waals surface area contributed by atoms with Gasteiger partial charge in [0, 0.05) is 0 Å². The summed E-state index contributed by atoms with van der Waals surface area (Å²) in [6.07, 6.45) is -9.59. The summed E-state index contributed by atoms with van der Waals surface area (Å²) in [6.45, 7) is 0. The summed E-state index contributed by atoms with van der Waals surface area (Å²) in [7, 11) is 1.27. The van der Waals surface area contributed by atoms with Crippen molar-refractivity contribution in [2.24, 2.45) is 0 Å². The molecule has 0 N–H and O–H groups in total. The molecule has 0 fully saturated rings. The maximum Gasteiger partial charge on any atom is 0.573 e. The zero-order chi connectivity index (χ0) is 17.3. The van der Waals surface area contributed by atoms with Gasteiger partial charge in [-0.15, -0.1) is 13.2 Å². The van der Waals surface area contributed by atoms with Gasteiger partial charge in [-0.2, -0.15) is 13.2 Å². The zero-order valence-electron chi connectivity index (χ0n) is 11.6. The highest BCUT2D eigenvalue weighted by atomic mass is 19.4. The average Bonchev–Trinajstić information content (AvgIpc) is 2.44. The van der Waals surface area contributed by atoms with Crippen LogP contribution in [0.15, 0.2) is 42.5 Å². The topological polar surface area (TPSA) is 18.5 Å². The molecule has 2 aromatic carbocycles. The number of methoxy groups -OCH3 is 1. The Balaban J connectivity index is 2.54. The quantitative estimate of drug-likeness (QED) is 0.710. The van der Waals surface area contributed by atoms with Crippen molar-refractivity contribution in [3.63, 3.8) is 0 Å². The van der Waals surface area contributed by atoms with Crippen LogP contribution in [0.3, 0.4) is 0 Å². The Bertz CT molecular complexity index is 691. The van der Waals surface area contributed by atoms with Crippen molar-refractivity contribution in [1.29, 1.82) is 0 Å². The van der Waals surface area contributed by atoms with Crippen LogP contribution in [-0.4, -0.2) is 13.5 Å². The van der Waals surface area contributed by atoms with Crippen LogP contribution in [0.4, 0.5) is 26.3 Å². The first-order valence-corrected chi connectivity index (χ1v) is 6.21. The second kappa shape index (κ2) is 6.02. The van der Waals surface area contributed by atoms with Gasteiger partial charge in [-0.1, -0.05) is 12.1 Å². The third-order valence-electron chi connectivity index (χ3n) is 2.91. The summed E-state index contributed by atoms with van der Waals surface area (Å²) in [5.74, 6) is -0.457. The van der Waals surface area contributed by atoms with Gasteiger partial charge in [-0.25, -0.2) is 0 Å². The number of benzene rings is 2. The Morgan fingerprint density at radius 3 is 2.09 bits per heavy atom. The molecule has 0 heterocycles. The largest absolute Gasteiger partial charge is 0.573 e. The monoisotopic (exact) mass is 336 g/mol. The number of ether oxygens (including phenoxy) is 2. The minimum atomic E-state index is -4.93. The number of alkyl halides is 6. The Kier molecular flexibility index (Phi) is 4.44. The lowest BCUT2D eigenvalue weighted by Gasteiger charge is -2.15. The van der Waals surface area contributed by atoms with Crippen molar-refractivity contribution >= 4 is 0 Å². The van der Waals surface area contributed by atoms with E-state index in [4.69, 9.17) is 4.74 Å². The summed E-state index contributed by atoms with van der Waals surface area (Å²) in [5.41, 5.74) is -1.36. The van der Waals surface area contributed by atoms with Crippen LogP contribution in [0.2, 0.25) is 0 Å². The molecule has 0 spiro atoms. The Hall–Kier alpha value is -2.38. The van der Waals surface area contributed by atoms with Crippen molar-refractivity contribution in [2.45, 2.75) is 12.5 Å². The summed E-state index contributed by atoms with van der Waals surface area (Å²) in [5, 5.41) is 0. The van der Waals surface area contributed by atoms with E-state index < -0.39 is 23.9 Å². The highest BCUT2D eigenvalue weighted by Crippen LogP contribution is 2.40. The normalized spacial score (nSPS) is 12.1. The first kappa shape index (κ1) is 17.0. The van der Waals surface area contributed by atoms with Crippen LogP contribution in [0.1, 0.15) is 5.56 Å². The third kappa shape index (κ3) is 4.30. The predicted molar refractivity (Wildman–Crippen MR) is 70.1 cm³/mol. The lowest BCUT2D eigenvalue weighted by molar-refractivity contribution is -0.274. The van der Waals surface area contributed by atoms with Gasteiger partial charge in [0.25, 0.3) is 0 Å². The molecule has 2 aromatic rings. The van der Waals surface area contributed by atoms with Gasteiger partial charge in [0.1, 0.15) is 11.5 Å². The van der Waals surface area contributed by atoms with Gasteiger partial charge >= 0.3 is 12.5 Å². The zero-order valence-corrected chi connectivity index (χ0v) is 11.6. The van der Waals surface area contributed by atoms with Gasteiger partial charge in [-0.3, -0.25) is 0 Å². The smallest absolute Gasteiger partial charge is 0.497 e. The molecule has 0 aromatic heterocycles. The van der Waals surface area contributed by atoms with Crippen LogP contribution >= 0.6 is 0 Å². The molecule has 0 aliphatic carbocycles. The standard InChI is InChI=1S/C15H10F6O2/c1-22-10-5-6-13(14(16,17)18)12(8-10)9-3-2-4-11(7-9)23-15(19,20)21/h2-8H,1H3. The molecule has 124 valence electrons. The van der Waals surface area contributed by atoms with E-state index in [1.807, 2.05) is 0 Å². The minimum Gasteiger partial charge on any atom is -0.497 e. The first-order valence-electron chi connectivity index (χ1n) is 6.21. The van der Waals surface area contributed by atoms with E-state index >= 15 is 0 Å². The van der Waals surface area contributed by atoms with Crippen LogP contribution in [0.25, 0.3) is 11.1 Å². The molecular weight excluding hydrogens is 326 g/mol. The van der Waals surface area contributed by atoms with E-state index in [1.54, 1.807) is 0 Å². The molecule has 2 nitrogen and oxygen atoms in total. The molecule has 0 amide bonds. The minimum absolute atomic E-state index is 0.0713. The molecule has 0 radical (unpaired) electrons. The fraction of sp³-hybridized carbons (Fsp3) is 0.200. The lowest BCUT2D eigenvalue weighted by atomic mass is 9.98. The average molecular weight is 336 g/mol. The van der Waals surface area contributed by atoms with E-state index in [0.29, 0.717) is 0 Å². The highest BCUT2D eigenvalue weighted by Gasteiger charge is 2.34. The molecule has 0 saturated carbocycles. The molecule has 0 saturated heterocycles. The molecule has 0 unspecified atom stereocenters. The summed E-state index contributed by atoms with van der Waals surface area (Å²) in [6, 6.07) is 7.37. The summed E-state index contributed by atoms with van der Waals surface area (Å²) >= 11 is 0. The second-order valence-corrected chi connectivity index (χ2v) is 4.48. The van der Waals surface area contributed by atoms with Gasteiger partial charge in [-0.05, 0) is 41.5 Å². The summed E-state index contributed by atoms with van der Waals surface area (Å²) < 4.78 is 84.6. The molecule has 0 bridgehead atoms. The van der Waals surface area contributed by atoms with Crippen LogP contribution in [0.5, 0.6) is 11.5 Å². The maximum absolute atomic E-state index is 13.1. The van der Waals surface area contributed by atoms with Crippen molar-refractivity contribution in [2.75, 3.05) is 7.11 Å². The van der Waals surface area contributed by atoms with Gasteiger partial charge < -0.3 is 9.47 Å². The molecule has 0 atom stereocenters. The van der Waals surface area contributed by atoms with Gasteiger partial charge in [0.15, 0.2) is 0 Å². The Labute approximate surface area is 127 Å². The van der Waals surface area contributed by atoms with Crippen LogP contribution in [-0.2, 0) is 6.18 Å². The van der Waals surface area contributed by atoms with E-state index in [-0.39, 0.29) is 16.9 Å². The van der Waals surface area contributed by atoms with Crippen molar-refractivity contribution in [3.8, 4) is 22.6 Å². The maximum atomic E-state index is 13.1. The molecular formula is C15H10F6O2. The van der Waals surface area contributed by atoms with E-state index in [9.17, 15) is 26.3 Å². The molecule has 2 rings (SSSR count). The fourth-order valence-corrected chi connectivity index (χ4v) is 2.00. The van der Waals surface area contributed by atoms with Gasteiger partial charge in [0.2, 0.25) is 0 Å². The van der Waals surface area contributed by atoms with E-state index in [0.717, 1.165) is 30.3 Å². The van der Waals surface area contributed by atoms with E-state index in [2.05, 4.69) is 4.74 Å². The Morgan fingerprint density at radius 2 is 1.52 bits per heavy atom. The highest BCUT2D eigenvalue weighted by molar-refractivity contribution is 5.71. The van der Waals surface area contributed by atoms with Crippen molar-refractivity contribution < 1.29 is 35.8 Å². The predicted octanol–water partition coefficient (Wildman–Crippen LogP) is 5.28. The lowest BCUT2D eigenvalue weighted by Crippen LogP contribution is -2.17. The Morgan fingerprint density at radius 1 is 0.826 bits per heavy atom. The SMILES string of the molecule is COc1ccc(C(F)(F)F)c(-c2cccc(OC(F)(F)F)c2)c1. The van der Waals surface area contributed by atoms with Gasteiger partial charge in [0.05, 0.1) is 12.7 Å². The van der Waals surface area contributed by atoms with Crippen molar-refractivity contribution in [1.82, 2.24) is 0 Å². The molecule has 0 aliphatic rings. The number of rotatable bonds is 3. The molecule has 8 heteroatoms. The number of hydrogen-bond donors (Lipinski definition) is 0. The summed E-state index contributed by atoms with van der Waals surface area (Å²) in [4.78, 5) is 0. The molecule has 0 aliphatic heterocycles. The number of halogens is 6. The fourth-order valence-electron chi connectivity index (χ4n) is 2.00. The number of hydrogen-bond acceptors (Lipinski definition) is 2. The van der Waals surface area contributed by atoms with E-state index in [1.165, 1.54) is 19.2 Å². The second-order valence-electron chi connectivity index (χ2n) is 4.48. The first-order chi connectivity index (χ1) is 10.6. The van der Waals surface area contributed by atoms with Crippen LogP contribution in [0, 0.1) is 0 Å². The third-order valence-corrected chi connectivity index (χ3v) is 2.91. The van der Waals surface area contributed by atoms with Crippen LogP contribution < -0.4 is 9.47 Å². The van der Waals surface area contributed by atoms with Crippen molar-refractivity contribution in [3.05, 3.63) is 48.0 Å². The molecule has 23 heavy (non-hydrogen) atoms.